The van der Waals surface area contributed by atoms with Gasteiger partial charge in [0.25, 0.3) is 0 Å². The Kier molecular flexibility index (Phi) is 6.28. The van der Waals surface area contributed by atoms with Gasteiger partial charge in [-0.25, -0.2) is 4.79 Å². The van der Waals surface area contributed by atoms with Crippen LogP contribution in [0.3, 0.4) is 0 Å². The highest BCUT2D eigenvalue weighted by Gasteiger charge is 2.33. The lowest BCUT2D eigenvalue weighted by atomic mass is 9.98. The van der Waals surface area contributed by atoms with Gasteiger partial charge in [0.05, 0.1) is 7.11 Å². The number of esters is 1. The second kappa shape index (κ2) is 7.73. The lowest BCUT2D eigenvalue weighted by Gasteiger charge is -2.26. The Hall–Kier alpha value is -2.17. The van der Waals surface area contributed by atoms with E-state index in [1.54, 1.807) is 26.0 Å². The number of amides is 1. The van der Waals surface area contributed by atoms with Gasteiger partial charge in [-0.1, -0.05) is 36.8 Å². The number of hydrogen-bond acceptors (Lipinski definition) is 4. The van der Waals surface area contributed by atoms with E-state index in [0.29, 0.717) is 12.0 Å². The largest absolute Gasteiger partial charge is 0.467 e. The van der Waals surface area contributed by atoms with E-state index < -0.39 is 11.5 Å². The van der Waals surface area contributed by atoms with Gasteiger partial charge in [0, 0.05) is 18.4 Å². The Labute approximate surface area is 131 Å². The van der Waals surface area contributed by atoms with Gasteiger partial charge in [0.1, 0.15) is 5.54 Å². The third kappa shape index (κ3) is 4.69. The van der Waals surface area contributed by atoms with Crippen molar-refractivity contribution in [1.29, 1.82) is 0 Å². The summed E-state index contributed by atoms with van der Waals surface area (Å²) in [5.74, 6) is -0.921. The summed E-state index contributed by atoms with van der Waals surface area (Å²) >= 11 is 0. The van der Waals surface area contributed by atoms with Crippen LogP contribution in [0.1, 0.15) is 49.0 Å². The average Bonchev–Trinajstić information content (AvgIpc) is 2.52. The zero-order chi connectivity index (χ0) is 16.8. The molecule has 0 saturated heterocycles. The normalized spacial score (nSPS) is 13.1. The van der Waals surface area contributed by atoms with Crippen LogP contribution in [-0.2, 0) is 14.3 Å². The van der Waals surface area contributed by atoms with Crippen molar-refractivity contribution in [3.63, 3.8) is 0 Å². The van der Waals surface area contributed by atoms with Crippen LogP contribution in [0.5, 0.6) is 0 Å². The Bertz CT molecular complexity index is 550. The molecule has 0 aliphatic carbocycles. The van der Waals surface area contributed by atoms with Crippen molar-refractivity contribution >= 4 is 17.7 Å². The van der Waals surface area contributed by atoms with E-state index in [4.69, 9.17) is 4.74 Å². The number of methoxy groups -OCH3 is 1. The van der Waals surface area contributed by atoms with Gasteiger partial charge in [0.15, 0.2) is 5.78 Å². The van der Waals surface area contributed by atoms with Gasteiger partial charge in [-0.3, -0.25) is 9.59 Å². The zero-order valence-electron chi connectivity index (χ0n) is 13.6. The molecule has 0 spiro atoms. The van der Waals surface area contributed by atoms with Gasteiger partial charge < -0.3 is 10.1 Å². The number of ether oxygens (including phenoxy) is 1. The van der Waals surface area contributed by atoms with Crippen molar-refractivity contribution in [1.82, 2.24) is 5.32 Å². The predicted molar refractivity (Wildman–Crippen MR) is 83.6 cm³/mol. The standard InChI is InChI=1S/C17H23NO4/c1-5-17(3,16(21)22-4)18-15(20)11-10-14(19)13-8-6-12(2)7-9-13/h6-9H,5,10-11H2,1-4H3,(H,18,20)/t17-/m0/s1. The first-order valence-corrected chi connectivity index (χ1v) is 7.31. The molecule has 1 amide bonds. The fraction of sp³-hybridized carbons (Fsp3) is 0.471. The summed E-state index contributed by atoms with van der Waals surface area (Å²) in [6.07, 6.45) is 0.562. The molecular weight excluding hydrogens is 282 g/mol. The molecule has 5 nitrogen and oxygen atoms in total. The van der Waals surface area contributed by atoms with Gasteiger partial charge in [-0.15, -0.1) is 0 Å². The van der Waals surface area contributed by atoms with E-state index >= 15 is 0 Å². The highest BCUT2D eigenvalue weighted by Crippen LogP contribution is 2.13. The van der Waals surface area contributed by atoms with Gasteiger partial charge in [0.2, 0.25) is 5.91 Å². The molecule has 22 heavy (non-hydrogen) atoms. The van der Waals surface area contributed by atoms with E-state index in [9.17, 15) is 14.4 Å². The fourth-order valence-corrected chi connectivity index (χ4v) is 1.99. The Balaban J connectivity index is 2.57. The van der Waals surface area contributed by atoms with Crippen LogP contribution in [0, 0.1) is 6.92 Å². The summed E-state index contributed by atoms with van der Waals surface area (Å²) in [6, 6.07) is 7.22. The summed E-state index contributed by atoms with van der Waals surface area (Å²) in [6.45, 7) is 5.34. The number of hydrogen-bond donors (Lipinski definition) is 1. The fourth-order valence-electron chi connectivity index (χ4n) is 1.99. The van der Waals surface area contributed by atoms with Crippen LogP contribution >= 0.6 is 0 Å². The van der Waals surface area contributed by atoms with Crippen LogP contribution in [0.4, 0.5) is 0 Å². The first kappa shape index (κ1) is 17.9. The molecule has 0 aliphatic rings. The Morgan fingerprint density at radius 1 is 1.14 bits per heavy atom. The van der Waals surface area contributed by atoms with E-state index in [-0.39, 0.29) is 24.5 Å². The number of benzene rings is 1. The molecule has 120 valence electrons. The van der Waals surface area contributed by atoms with Crippen molar-refractivity contribution in [3.8, 4) is 0 Å². The van der Waals surface area contributed by atoms with E-state index in [2.05, 4.69) is 5.32 Å². The van der Waals surface area contributed by atoms with Crippen LogP contribution < -0.4 is 5.32 Å². The lowest BCUT2D eigenvalue weighted by molar-refractivity contribution is -0.150. The second-order valence-electron chi connectivity index (χ2n) is 5.51. The number of aryl methyl sites for hydroxylation is 1. The summed E-state index contributed by atoms with van der Waals surface area (Å²) in [5.41, 5.74) is 0.606. The number of ketones is 1. The molecule has 1 aromatic carbocycles. The molecule has 0 radical (unpaired) electrons. The first-order valence-electron chi connectivity index (χ1n) is 7.31. The minimum Gasteiger partial charge on any atom is -0.467 e. The highest BCUT2D eigenvalue weighted by atomic mass is 16.5. The number of Topliss-reactive ketones (excluding diaryl/α,β-unsaturated/α-hetero) is 1. The SMILES string of the molecule is CC[C@](C)(NC(=O)CCC(=O)c1ccc(C)cc1)C(=O)OC. The highest BCUT2D eigenvalue weighted by molar-refractivity contribution is 5.98. The third-order valence-electron chi connectivity index (χ3n) is 3.71. The zero-order valence-corrected chi connectivity index (χ0v) is 13.6. The molecule has 0 saturated carbocycles. The van der Waals surface area contributed by atoms with Crippen molar-refractivity contribution < 1.29 is 19.1 Å². The quantitative estimate of drug-likeness (QED) is 0.620. The smallest absolute Gasteiger partial charge is 0.331 e. The maximum absolute atomic E-state index is 12.0. The Morgan fingerprint density at radius 2 is 1.73 bits per heavy atom. The van der Waals surface area contributed by atoms with Crippen LogP contribution in [0.15, 0.2) is 24.3 Å². The molecule has 0 unspecified atom stereocenters. The van der Waals surface area contributed by atoms with E-state index in [1.807, 2.05) is 19.1 Å². The maximum atomic E-state index is 12.0. The molecule has 0 aromatic heterocycles. The van der Waals surface area contributed by atoms with Crippen molar-refractivity contribution in [2.75, 3.05) is 7.11 Å². The van der Waals surface area contributed by atoms with Gasteiger partial charge in [-0.05, 0) is 20.3 Å². The minimum atomic E-state index is -1.06. The van der Waals surface area contributed by atoms with Crippen LogP contribution in [0.2, 0.25) is 0 Å². The molecular formula is C17H23NO4. The van der Waals surface area contributed by atoms with E-state index in [0.717, 1.165) is 5.56 Å². The first-order chi connectivity index (χ1) is 10.3. The number of carbonyl (C=O) groups excluding carboxylic acids is 3. The number of carbonyl (C=O) groups is 3. The monoisotopic (exact) mass is 305 g/mol. The third-order valence-corrected chi connectivity index (χ3v) is 3.71. The molecule has 5 heteroatoms. The molecule has 1 aromatic rings. The molecule has 0 bridgehead atoms. The number of rotatable bonds is 7. The maximum Gasteiger partial charge on any atom is 0.331 e. The molecule has 1 N–H and O–H groups in total. The summed E-state index contributed by atoms with van der Waals surface area (Å²) < 4.78 is 4.69. The summed E-state index contributed by atoms with van der Waals surface area (Å²) in [5, 5.41) is 2.64. The summed E-state index contributed by atoms with van der Waals surface area (Å²) in [4.78, 5) is 35.7. The minimum absolute atomic E-state index is 0.0410. The lowest BCUT2D eigenvalue weighted by Crippen LogP contribution is -2.52. The molecule has 1 rings (SSSR count). The average molecular weight is 305 g/mol. The molecule has 0 aliphatic heterocycles. The van der Waals surface area contributed by atoms with Crippen molar-refractivity contribution in [2.45, 2.75) is 45.6 Å². The molecule has 0 heterocycles. The molecule has 1 atom stereocenters. The topological polar surface area (TPSA) is 72.5 Å². The van der Waals surface area contributed by atoms with Crippen LogP contribution in [0.25, 0.3) is 0 Å². The van der Waals surface area contributed by atoms with Crippen LogP contribution in [-0.4, -0.2) is 30.3 Å². The second-order valence-corrected chi connectivity index (χ2v) is 5.51. The molecule has 0 fully saturated rings. The number of nitrogens with one attached hydrogen (secondary N) is 1. The summed E-state index contributed by atoms with van der Waals surface area (Å²) in [7, 11) is 1.28. The van der Waals surface area contributed by atoms with Gasteiger partial charge in [-0.2, -0.15) is 0 Å². The van der Waals surface area contributed by atoms with Crippen molar-refractivity contribution in [3.05, 3.63) is 35.4 Å². The predicted octanol–water partition coefficient (Wildman–Crippen LogP) is 2.42. The van der Waals surface area contributed by atoms with E-state index in [1.165, 1.54) is 7.11 Å². The Morgan fingerprint density at radius 3 is 2.23 bits per heavy atom. The van der Waals surface area contributed by atoms with Crippen molar-refractivity contribution in [2.24, 2.45) is 0 Å². The van der Waals surface area contributed by atoms with Gasteiger partial charge >= 0.3 is 5.97 Å².